The Hall–Kier alpha value is -2.28. The van der Waals surface area contributed by atoms with Gasteiger partial charge in [-0.2, -0.15) is 0 Å². The van der Waals surface area contributed by atoms with E-state index in [4.69, 9.17) is 5.11 Å². The van der Waals surface area contributed by atoms with Crippen molar-refractivity contribution in [3.63, 3.8) is 0 Å². The van der Waals surface area contributed by atoms with Crippen LogP contribution in [-0.2, 0) is 21.5 Å². The van der Waals surface area contributed by atoms with Crippen LogP contribution in [0.1, 0.15) is 27.9 Å². The summed E-state index contributed by atoms with van der Waals surface area (Å²) in [6.07, 6.45) is 0.639. The molecule has 0 heterocycles. The lowest BCUT2D eigenvalue weighted by Gasteiger charge is -2.28. The van der Waals surface area contributed by atoms with E-state index in [2.05, 4.69) is 5.32 Å². The van der Waals surface area contributed by atoms with Crippen molar-refractivity contribution in [3.8, 4) is 0 Å². The largest absolute Gasteiger partial charge is 0.478 e. The van der Waals surface area contributed by atoms with Crippen LogP contribution in [0.3, 0.4) is 0 Å². The number of hydrogen-bond donors (Lipinski definition) is 3. The van der Waals surface area contributed by atoms with Crippen molar-refractivity contribution >= 4 is 18.3 Å². The molecule has 0 fully saturated rings. The molecule has 0 aliphatic heterocycles. The Bertz CT molecular complexity index is 602. The van der Waals surface area contributed by atoms with Crippen LogP contribution >= 0.6 is 0 Å². The summed E-state index contributed by atoms with van der Waals surface area (Å²) in [5.74, 6) is -2.54. The average molecular weight is 280 g/mol. The third-order valence-corrected chi connectivity index (χ3v) is 3.67. The summed E-state index contributed by atoms with van der Waals surface area (Å²) in [5, 5.41) is 13.8. The normalized spacial score (nSPS) is 20.3. The van der Waals surface area contributed by atoms with Gasteiger partial charge in [-0.25, -0.2) is 9.18 Å². The van der Waals surface area contributed by atoms with Crippen LogP contribution in [0.5, 0.6) is 0 Å². The molecular weight excluding hydrogens is 267 g/mol. The molecule has 3 N–H and O–H groups in total. The summed E-state index contributed by atoms with van der Waals surface area (Å²) in [6.45, 7) is 0. The SMILES string of the molecule is CNC1(C(=O)NC=O)CCc2c(C(=O)O)ccc(F)c21. The molecule has 1 aromatic rings. The van der Waals surface area contributed by atoms with Crippen LogP contribution in [0.2, 0.25) is 0 Å². The summed E-state index contributed by atoms with van der Waals surface area (Å²) >= 11 is 0. The summed E-state index contributed by atoms with van der Waals surface area (Å²) in [6, 6.07) is 2.20. The number of imide groups is 1. The molecule has 1 unspecified atom stereocenters. The van der Waals surface area contributed by atoms with Crippen molar-refractivity contribution < 1.29 is 23.9 Å². The topological polar surface area (TPSA) is 95.5 Å². The molecule has 0 aromatic heterocycles. The second kappa shape index (κ2) is 5.01. The molecule has 0 bridgehead atoms. The molecule has 1 atom stereocenters. The van der Waals surface area contributed by atoms with Crippen LogP contribution in [0.25, 0.3) is 0 Å². The van der Waals surface area contributed by atoms with Gasteiger partial charge in [-0.1, -0.05) is 0 Å². The average Bonchev–Trinajstić information content (AvgIpc) is 2.80. The Balaban J connectivity index is 2.66. The maximum absolute atomic E-state index is 14.1. The predicted molar refractivity (Wildman–Crippen MR) is 66.6 cm³/mol. The highest BCUT2D eigenvalue weighted by Crippen LogP contribution is 2.40. The van der Waals surface area contributed by atoms with Gasteiger partial charge in [0.15, 0.2) is 0 Å². The highest BCUT2D eigenvalue weighted by Gasteiger charge is 2.47. The van der Waals surface area contributed by atoms with Gasteiger partial charge in [-0.15, -0.1) is 0 Å². The number of carboxylic acids is 1. The number of aromatic carboxylic acids is 1. The molecule has 0 saturated heterocycles. The fourth-order valence-electron chi connectivity index (χ4n) is 2.75. The Labute approximate surface area is 114 Å². The molecule has 2 amide bonds. The number of benzene rings is 1. The van der Waals surface area contributed by atoms with Gasteiger partial charge >= 0.3 is 5.97 Å². The number of rotatable bonds is 4. The van der Waals surface area contributed by atoms with Gasteiger partial charge < -0.3 is 10.4 Å². The van der Waals surface area contributed by atoms with E-state index in [1.165, 1.54) is 13.1 Å². The second-order valence-corrected chi connectivity index (χ2v) is 4.50. The van der Waals surface area contributed by atoms with Crippen molar-refractivity contribution in [3.05, 3.63) is 34.6 Å². The summed E-state index contributed by atoms with van der Waals surface area (Å²) < 4.78 is 14.1. The molecule has 1 aliphatic rings. The van der Waals surface area contributed by atoms with Gasteiger partial charge in [0.2, 0.25) is 6.41 Å². The molecule has 0 saturated carbocycles. The van der Waals surface area contributed by atoms with Gasteiger partial charge in [0, 0.05) is 5.56 Å². The Kier molecular flexibility index (Phi) is 3.54. The third-order valence-electron chi connectivity index (χ3n) is 3.67. The molecule has 0 radical (unpaired) electrons. The number of carboxylic acid groups (broad SMARTS) is 1. The summed E-state index contributed by atoms with van der Waals surface area (Å²) in [5.41, 5.74) is -1.17. The minimum absolute atomic E-state index is 0.000694. The van der Waals surface area contributed by atoms with E-state index in [-0.39, 0.29) is 35.9 Å². The summed E-state index contributed by atoms with van der Waals surface area (Å²) in [7, 11) is 1.46. The highest BCUT2D eigenvalue weighted by molar-refractivity contribution is 5.97. The molecule has 1 aromatic carbocycles. The first-order valence-electron chi connectivity index (χ1n) is 5.96. The van der Waals surface area contributed by atoms with Crippen molar-refractivity contribution in [2.24, 2.45) is 0 Å². The molecule has 6 nitrogen and oxygen atoms in total. The van der Waals surface area contributed by atoms with Crippen LogP contribution in [0, 0.1) is 5.82 Å². The van der Waals surface area contributed by atoms with Gasteiger partial charge in [0.05, 0.1) is 5.56 Å². The quantitative estimate of drug-likeness (QED) is 0.683. The Morgan fingerprint density at radius 2 is 2.15 bits per heavy atom. The first kappa shape index (κ1) is 14.1. The third kappa shape index (κ3) is 1.87. The lowest BCUT2D eigenvalue weighted by Crippen LogP contribution is -2.51. The van der Waals surface area contributed by atoms with E-state index >= 15 is 0 Å². The van der Waals surface area contributed by atoms with Crippen molar-refractivity contribution in [1.82, 2.24) is 10.6 Å². The maximum atomic E-state index is 14.1. The van der Waals surface area contributed by atoms with Crippen molar-refractivity contribution in [2.75, 3.05) is 7.05 Å². The molecule has 0 spiro atoms. The Morgan fingerprint density at radius 3 is 2.70 bits per heavy atom. The molecule has 2 rings (SSSR count). The number of likely N-dealkylation sites (N-methyl/N-ethyl adjacent to an activating group) is 1. The van der Waals surface area contributed by atoms with Crippen LogP contribution in [-0.4, -0.2) is 30.4 Å². The first-order chi connectivity index (χ1) is 9.47. The van der Waals surface area contributed by atoms with Crippen LogP contribution in [0.4, 0.5) is 4.39 Å². The fraction of sp³-hybridized carbons (Fsp3) is 0.308. The Morgan fingerprint density at radius 1 is 1.45 bits per heavy atom. The van der Waals surface area contributed by atoms with E-state index < -0.39 is 23.2 Å². The van der Waals surface area contributed by atoms with E-state index in [1.54, 1.807) is 0 Å². The van der Waals surface area contributed by atoms with E-state index in [0.717, 1.165) is 6.07 Å². The molecular formula is C13H13FN2O4. The number of nitrogens with one attached hydrogen (secondary N) is 2. The number of amides is 2. The monoisotopic (exact) mass is 280 g/mol. The second-order valence-electron chi connectivity index (χ2n) is 4.50. The van der Waals surface area contributed by atoms with Gasteiger partial charge in [0.1, 0.15) is 11.4 Å². The minimum atomic E-state index is -1.42. The van der Waals surface area contributed by atoms with Crippen molar-refractivity contribution in [1.29, 1.82) is 0 Å². The lowest BCUT2D eigenvalue weighted by molar-refractivity contribution is -0.131. The van der Waals surface area contributed by atoms with Crippen LogP contribution < -0.4 is 10.6 Å². The minimum Gasteiger partial charge on any atom is -0.478 e. The number of carbonyl (C=O) groups is 3. The van der Waals surface area contributed by atoms with E-state index in [1.807, 2.05) is 5.32 Å². The standard InChI is InChI=1S/C13H13FN2O4/c1-15-13(12(20)16-6-17)5-4-7-8(11(18)19)2-3-9(14)10(7)13/h2-3,6,15H,4-5H2,1H3,(H,18,19)(H,16,17,20). The number of fused-ring (bicyclic) bond motifs is 1. The number of halogens is 1. The van der Waals surface area contributed by atoms with E-state index in [0.29, 0.717) is 0 Å². The first-order valence-corrected chi connectivity index (χ1v) is 5.96. The zero-order valence-corrected chi connectivity index (χ0v) is 10.7. The number of hydrogen-bond acceptors (Lipinski definition) is 4. The molecule has 7 heteroatoms. The smallest absolute Gasteiger partial charge is 0.335 e. The van der Waals surface area contributed by atoms with Crippen molar-refractivity contribution in [2.45, 2.75) is 18.4 Å². The molecule has 20 heavy (non-hydrogen) atoms. The number of carbonyl (C=O) groups excluding carboxylic acids is 2. The zero-order chi connectivity index (χ0) is 14.9. The lowest BCUT2D eigenvalue weighted by atomic mass is 9.89. The zero-order valence-electron chi connectivity index (χ0n) is 10.7. The summed E-state index contributed by atoms with van der Waals surface area (Å²) in [4.78, 5) is 33.7. The van der Waals surface area contributed by atoms with Crippen LogP contribution in [0.15, 0.2) is 12.1 Å². The van der Waals surface area contributed by atoms with E-state index in [9.17, 15) is 18.8 Å². The highest BCUT2D eigenvalue weighted by atomic mass is 19.1. The fourth-order valence-corrected chi connectivity index (χ4v) is 2.75. The molecule has 1 aliphatic carbocycles. The molecule has 106 valence electrons. The predicted octanol–water partition coefficient (Wildman–Crippen LogP) is 0.157. The van der Waals surface area contributed by atoms with Gasteiger partial charge in [-0.05, 0) is 37.6 Å². The van der Waals surface area contributed by atoms with Gasteiger partial charge in [-0.3, -0.25) is 14.9 Å². The maximum Gasteiger partial charge on any atom is 0.335 e. The van der Waals surface area contributed by atoms with Gasteiger partial charge in [0.25, 0.3) is 5.91 Å².